The molecule has 1 rings (SSSR count). The minimum atomic E-state index is -1.16. The number of aliphatic hydroxyl groups is 2. The van der Waals surface area contributed by atoms with Crippen LogP contribution in [0.15, 0.2) is 12.1 Å². The third kappa shape index (κ3) is 2.77. The number of hydrogen-bond acceptors (Lipinski definition) is 6. The number of nitriles is 1. The molecule has 1 amide bonds. The van der Waals surface area contributed by atoms with E-state index in [0.717, 1.165) is 11.3 Å². The van der Waals surface area contributed by atoms with Crippen LogP contribution < -0.4 is 11.3 Å². The van der Waals surface area contributed by atoms with Crippen molar-refractivity contribution in [3.8, 4) is 6.07 Å². The van der Waals surface area contributed by atoms with Crippen molar-refractivity contribution < 1.29 is 15.0 Å². The Labute approximate surface area is 95.9 Å². The lowest BCUT2D eigenvalue weighted by molar-refractivity contribution is 0.0238. The van der Waals surface area contributed by atoms with Crippen LogP contribution >= 0.6 is 11.3 Å². The van der Waals surface area contributed by atoms with E-state index in [1.54, 1.807) is 6.07 Å². The zero-order chi connectivity index (χ0) is 12.1. The first kappa shape index (κ1) is 12.6. The van der Waals surface area contributed by atoms with Crippen molar-refractivity contribution in [3.63, 3.8) is 0 Å². The summed E-state index contributed by atoms with van der Waals surface area (Å²) in [7, 11) is 0. The minimum absolute atomic E-state index is 0.169. The molecule has 86 valence electrons. The third-order valence-electron chi connectivity index (χ3n) is 1.94. The zero-order valence-corrected chi connectivity index (χ0v) is 9.07. The number of nitrogen functional groups attached to an aromatic ring is 1. The largest absolute Gasteiger partial charge is 0.389 e. The molecular formula is C9H11N3O3S. The smallest absolute Gasteiger partial charge is 0.275 e. The molecule has 2 unspecified atom stereocenters. The average molecular weight is 241 g/mol. The molecule has 5 N–H and O–H groups in total. The predicted octanol–water partition coefficient (Wildman–Crippen LogP) is -0.340. The number of aliphatic hydroxyl groups excluding tert-OH is 2. The highest BCUT2D eigenvalue weighted by molar-refractivity contribution is 7.14. The maximum Gasteiger partial charge on any atom is 0.275 e. The molecule has 6 nitrogen and oxygen atoms in total. The lowest BCUT2D eigenvalue weighted by atomic mass is 10.1. The van der Waals surface area contributed by atoms with E-state index in [9.17, 15) is 15.0 Å². The first-order valence-electron chi connectivity index (χ1n) is 4.44. The molecule has 0 saturated carbocycles. The van der Waals surface area contributed by atoms with E-state index in [4.69, 9.17) is 11.1 Å². The Morgan fingerprint density at radius 1 is 1.62 bits per heavy atom. The number of hydrazine groups is 1. The van der Waals surface area contributed by atoms with Crippen LogP contribution in [0, 0.1) is 11.3 Å². The Kier molecular flexibility index (Phi) is 4.39. The van der Waals surface area contributed by atoms with Gasteiger partial charge < -0.3 is 10.2 Å². The molecule has 0 bridgehead atoms. The van der Waals surface area contributed by atoms with E-state index in [2.05, 4.69) is 0 Å². The van der Waals surface area contributed by atoms with Gasteiger partial charge in [0.15, 0.2) is 0 Å². The van der Waals surface area contributed by atoms with Crippen molar-refractivity contribution in [2.75, 3.05) is 0 Å². The van der Waals surface area contributed by atoms with Gasteiger partial charge in [0, 0.05) is 4.88 Å². The van der Waals surface area contributed by atoms with Gasteiger partial charge in [-0.15, -0.1) is 11.3 Å². The Morgan fingerprint density at radius 3 is 2.88 bits per heavy atom. The Morgan fingerprint density at radius 2 is 2.31 bits per heavy atom. The molecule has 0 aromatic carbocycles. The van der Waals surface area contributed by atoms with Gasteiger partial charge in [-0.3, -0.25) is 10.2 Å². The van der Waals surface area contributed by atoms with Gasteiger partial charge in [0.1, 0.15) is 6.10 Å². The molecule has 0 fully saturated rings. The molecule has 0 saturated heterocycles. The monoisotopic (exact) mass is 241 g/mol. The number of nitrogens with zero attached hydrogens (tertiary/aromatic N) is 1. The van der Waals surface area contributed by atoms with Crippen molar-refractivity contribution in [1.82, 2.24) is 5.43 Å². The van der Waals surface area contributed by atoms with Crippen LogP contribution in [0.3, 0.4) is 0 Å². The van der Waals surface area contributed by atoms with E-state index in [1.807, 2.05) is 5.43 Å². The molecule has 0 radical (unpaired) electrons. The molecule has 7 heteroatoms. The Balaban J connectivity index is 2.78. The fourth-order valence-electron chi connectivity index (χ4n) is 1.10. The summed E-state index contributed by atoms with van der Waals surface area (Å²) >= 11 is 1.02. The van der Waals surface area contributed by atoms with Crippen LogP contribution in [0.5, 0.6) is 0 Å². The van der Waals surface area contributed by atoms with Crippen LogP contribution in [0.4, 0.5) is 0 Å². The first-order valence-corrected chi connectivity index (χ1v) is 5.25. The van der Waals surface area contributed by atoms with Crippen LogP contribution in [0.1, 0.15) is 27.1 Å². The summed E-state index contributed by atoms with van der Waals surface area (Å²) in [6, 6.07) is 4.76. The van der Waals surface area contributed by atoms with Crippen LogP contribution in [-0.4, -0.2) is 22.2 Å². The highest BCUT2D eigenvalue weighted by atomic mass is 32.1. The summed E-state index contributed by atoms with van der Waals surface area (Å²) in [4.78, 5) is 11.9. The van der Waals surface area contributed by atoms with Gasteiger partial charge in [0.2, 0.25) is 0 Å². The number of carbonyl (C=O) groups is 1. The number of carbonyl (C=O) groups excluding carboxylic acids is 1. The SMILES string of the molecule is N#CCC(O)C(O)c1ccc(C(=O)NN)s1. The number of hydrogen-bond donors (Lipinski definition) is 4. The Hall–Kier alpha value is -1.46. The average Bonchev–Trinajstić information content (AvgIpc) is 2.76. The molecule has 1 aromatic rings. The van der Waals surface area contributed by atoms with Crippen LogP contribution in [-0.2, 0) is 0 Å². The van der Waals surface area contributed by atoms with E-state index in [1.165, 1.54) is 12.1 Å². The summed E-state index contributed by atoms with van der Waals surface area (Å²) in [6.45, 7) is 0. The van der Waals surface area contributed by atoms with Gasteiger partial charge in [0.05, 0.1) is 23.5 Å². The second kappa shape index (κ2) is 5.58. The molecular weight excluding hydrogens is 230 g/mol. The molecule has 0 aliphatic carbocycles. The summed E-state index contributed by atoms with van der Waals surface area (Å²) in [5, 5.41) is 27.4. The first-order chi connectivity index (χ1) is 7.60. The maximum atomic E-state index is 11.1. The second-order valence-corrected chi connectivity index (χ2v) is 4.17. The molecule has 2 atom stereocenters. The van der Waals surface area contributed by atoms with Crippen molar-refractivity contribution in [2.45, 2.75) is 18.6 Å². The third-order valence-corrected chi connectivity index (χ3v) is 3.09. The fraction of sp³-hybridized carbons (Fsp3) is 0.333. The van der Waals surface area contributed by atoms with Crippen LogP contribution in [0.2, 0.25) is 0 Å². The summed E-state index contributed by atoms with van der Waals surface area (Å²) < 4.78 is 0. The number of nitrogens with two attached hydrogens (primary N) is 1. The van der Waals surface area contributed by atoms with Gasteiger partial charge >= 0.3 is 0 Å². The van der Waals surface area contributed by atoms with Gasteiger partial charge in [0.25, 0.3) is 5.91 Å². The van der Waals surface area contributed by atoms with Gasteiger partial charge in [-0.2, -0.15) is 5.26 Å². The second-order valence-electron chi connectivity index (χ2n) is 3.05. The van der Waals surface area contributed by atoms with Gasteiger partial charge in [-0.05, 0) is 12.1 Å². The molecule has 0 spiro atoms. The summed E-state index contributed by atoms with van der Waals surface area (Å²) in [6.07, 6.45) is -2.49. The zero-order valence-electron chi connectivity index (χ0n) is 8.25. The van der Waals surface area contributed by atoms with Gasteiger partial charge in [-0.25, -0.2) is 5.84 Å². The molecule has 0 aliphatic heterocycles. The van der Waals surface area contributed by atoms with E-state index in [0.29, 0.717) is 9.75 Å². The van der Waals surface area contributed by atoms with E-state index < -0.39 is 18.1 Å². The van der Waals surface area contributed by atoms with E-state index >= 15 is 0 Å². The lowest BCUT2D eigenvalue weighted by Gasteiger charge is -2.12. The predicted molar refractivity (Wildman–Crippen MR) is 57.2 cm³/mol. The maximum absolute atomic E-state index is 11.1. The number of nitrogens with one attached hydrogen (secondary N) is 1. The Bertz CT molecular complexity index is 412. The highest BCUT2D eigenvalue weighted by Crippen LogP contribution is 2.26. The van der Waals surface area contributed by atoms with Crippen molar-refractivity contribution in [1.29, 1.82) is 5.26 Å². The standard InChI is InChI=1S/C9H11N3O3S/c10-4-3-5(13)8(14)6-1-2-7(16-6)9(15)12-11/h1-2,5,8,13-14H,3,11H2,(H,12,15). The summed E-state index contributed by atoms with van der Waals surface area (Å²) in [5.74, 6) is 4.49. The molecule has 1 aromatic heterocycles. The lowest BCUT2D eigenvalue weighted by Crippen LogP contribution is -2.29. The molecule has 1 heterocycles. The molecule has 0 aliphatic rings. The molecule has 16 heavy (non-hydrogen) atoms. The van der Waals surface area contributed by atoms with Crippen molar-refractivity contribution in [3.05, 3.63) is 21.9 Å². The van der Waals surface area contributed by atoms with E-state index in [-0.39, 0.29) is 6.42 Å². The van der Waals surface area contributed by atoms with Gasteiger partial charge in [-0.1, -0.05) is 0 Å². The van der Waals surface area contributed by atoms with Crippen LogP contribution in [0.25, 0.3) is 0 Å². The number of thiophene rings is 1. The van der Waals surface area contributed by atoms with Crippen molar-refractivity contribution in [2.24, 2.45) is 5.84 Å². The summed E-state index contributed by atoms with van der Waals surface area (Å²) in [5.41, 5.74) is 1.96. The fourth-order valence-corrected chi connectivity index (χ4v) is 2.06. The normalized spacial score (nSPS) is 13.9. The number of amides is 1. The number of rotatable bonds is 4. The topological polar surface area (TPSA) is 119 Å². The van der Waals surface area contributed by atoms with Crippen molar-refractivity contribution >= 4 is 17.2 Å². The quantitative estimate of drug-likeness (QED) is 0.326. The minimum Gasteiger partial charge on any atom is -0.389 e. The highest BCUT2D eigenvalue weighted by Gasteiger charge is 2.20.